The van der Waals surface area contributed by atoms with Gasteiger partial charge in [0.1, 0.15) is 0 Å². The van der Waals surface area contributed by atoms with Crippen LogP contribution in [0.2, 0.25) is 0 Å². The summed E-state index contributed by atoms with van der Waals surface area (Å²) in [6.45, 7) is 4.77. The molecule has 0 heterocycles. The molecule has 1 atom stereocenters. The monoisotopic (exact) mass is 167 g/mol. The zero-order valence-electron chi connectivity index (χ0n) is 8.40. The molecule has 0 bridgehead atoms. The van der Waals surface area contributed by atoms with Crippen LogP contribution in [0.5, 0.6) is 0 Å². The van der Waals surface area contributed by atoms with E-state index in [1.165, 1.54) is 38.5 Å². The standard InChI is InChI=1S/C11H21N/c1-10(2)7-4-9(8-10)11(12)5-3-6-11/h9H,3-8,12H2,1-2H3. The minimum Gasteiger partial charge on any atom is -0.325 e. The molecule has 0 saturated heterocycles. The van der Waals surface area contributed by atoms with E-state index >= 15 is 0 Å². The van der Waals surface area contributed by atoms with Crippen LogP contribution >= 0.6 is 0 Å². The zero-order chi connectivity index (χ0) is 8.82. The largest absolute Gasteiger partial charge is 0.325 e. The van der Waals surface area contributed by atoms with Crippen molar-refractivity contribution < 1.29 is 0 Å². The van der Waals surface area contributed by atoms with Crippen LogP contribution in [-0.2, 0) is 0 Å². The lowest BCUT2D eigenvalue weighted by Gasteiger charge is -2.44. The summed E-state index contributed by atoms with van der Waals surface area (Å²) in [7, 11) is 0. The predicted molar refractivity (Wildman–Crippen MR) is 51.9 cm³/mol. The number of hydrogen-bond donors (Lipinski definition) is 1. The average molecular weight is 167 g/mol. The molecule has 0 spiro atoms. The molecule has 0 aromatic rings. The van der Waals surface area contributed by atoms with Gasteiger partial charge >= 0.3 is 0 Å². The van der Waals surface area contributed by atoms with Crippen LogP contribution in [0.25, 0.3) is 0 Å². The van der Waals surface area contributed by atoms with E-state index in [9.17, 15) is 0 Å². The lowest BCUT2D eigenvalue weighted by atomic mass is 9.67. The highest BCUT2D eigenvalue weighted by molar-refractivity contribution is 5.02. The first kappa shape index (κ1) is 8.55. The maximum absolute atomic E-state index is 6.33. The van der Waals surface area contributed by atoms with Crippen molar-refractivity contribution in [3.05, 3.63) is 0 Å². The van der Waals surface area contributed by atoms with E-state index in [-0.39, 0.29) is 5.54 Å². The van der Waals surface area contributed by atoms with Crippen LogP contribution in [0.15, 0.2) is 0 Å². The zero-order valence-corrected chi connectivity index (χ0v) is 8.40. The first-order chi connectivity index (χ1) is 5.52. The van der Waals surface area contributed by atoms with Gasteiger partial charge in [-0.2, -0.15) is 0 Å². The van der Waals surface area contributed by atoms with Crippen LogP contribution in [-0.4, -0.2) is 5.54 Å². The Kier molecular flexibility index (Phi) is 1.76. The van der Waals surface area contributed by atoms with Crippen LogP contribution in [0.3, 0.4) is 0 Å². The minimum atomic E-state index is 0.258. The van der Waals surface area contributed by atoms with Crippen LogP contribution in [0, 0.1) is 11.3 Å². The number of nitrogens with two attached hydrogens (primary N) is 1. The molecule has 0 amide bonds. The molecule has 2 aliphatic rings. The van der Waals surface area contributed by atoms with Gasteiger partial charge in [-0.3, -0.25) is 0 Å². The fourth-order valence-corrected chi connectivity index (χ4v) is 2.92. The first-order valence-corrected chi connectivity index (χ1v) is 5.31. The highest BCUT2D eigenvalue weighted by Crippen LogP contribution is 2.50. The Bertz CT molecular complexity index is 179. The second kappa shape index (κ2) is 2.47. The van der Waals surface area contributed by atoms with Crippen molar-refractivity contribution in [3.8, 4) is 0 Å². The molecule has 0 radical (unpaired) electrons. The molecule has 0 aromatic heterocycles. The number of rotatable bonds is 1. The summed E-state index contributed by atoms with van der Waals surface area (Å²) in [6.07, 6.45) is 8.07. The summed E-state index contributed by atoms with van der Waals surface area (Å²) in [4.78, 5) is 0. The molecular formula is C11H21N. The van der Waals surface area contributed by atoms with E-state index in [0.29, 0.717) is 5.41 Å². The van der Waals surface area contributed by atoms with Crippen molar-refractivity contribution >= 4 is 0 Å². The van der Waals surface area contributed by atoms with Crippen LogP contribution in [0.1, 0.15) is 52.4 Å². The lowest BCUT2D eigenvalue weighted by molar-refractivity contribution is 0.146. The molecule has 1 nitrogen and oxygen atoms in total. The molecule has 2 rings (SSSR count). The average Bonchev–Trinajstić information content (AvgIpc) is 2.25. The van der Waals surface area contributed by atoms with Gasteiger partial charge in [0.2, 0.25) is 0 Å². The third kappa shape index (κ3) is 1.28. The fourth-order valence-electron chi connectivity index (χ4n) is 2.92. The van der Waals surface area contributed by atoms with E-state index in [1.54, 1.807) is 0 Å². The van der Waals surface area contributed by atoms with E-state index in [4.69, 9.17) is 5.73 Å². The smallest absolute Gasteiger partial charge is 0.0183 e. The summed E-state index contributed by atoms with van der Waals surface area (Å²) in [5, 5.41) is 0. The summed E-state index contributed by atoms with van der Waals surface area (Å²) < 4.78 is 0. The highest BCUT2D eigenvalue weighted by Gasteiger charge is 2.45. The SMILES string of the molecule is CC1(C)CCC(C2(N)CCC2)C1. The molecule has 0 aliphatic heterocycles. The van der Waals surface area contributed by atoms with E-state index in [1.807, 2.05) is 0 Å². The second-order valence-electron chi connectivity index (χ2n) is 5.69. The third-order valence-corrected chi connectivity index (χ3v) is 4.07. The molecule has 12 heavy (non-hydrogen) atoms. The van der Waals surface area contributed by atoms with Crippen molar-refractivity contribution in [1.29, 1.82) is 0 Å². The topological polar surface area (TPSA) is 26.0 Å². The molecule has 70 valence electrons. The van der Waals surface area contributed by atoms with Gasteiger partial charge in [0.25, 0.3) is 0 Å². The Morgan fingerprint density at radius 1 is 1.17 bits per heavy atom. The van der Waals surface area contributed by atoms with Gasteiger partial charge in [-0.25, -0.2) is 0 Å². The summed E-state index contributed by atoms with van der Waals surface area (Å²) in [5.74, 6) is 0.834. The predicted octanol–water partition coefficient (Wildman–Crippen LogP) is 2.69. The Balaban J connectivity index is 1.99. The Hall–Kier alpha value is -0.0400. The molecule has 0 aromatic carbocycles. The maximum atomic E-state index is 6.33. The molecule has 1 heteroatoms. The van der Waals surface area contributed by atoms with Gasteiger partial charge in [-0.15, -0.1) is 0 Å². The van der Waals surface area contributed by atoms with Crippen molar-refractivity contribution in [3.63, 3.8) is 0 Å². The molecule has 2 saturated carbocycles. The first-order valence-electron chi connectivity index (χ1n) is 5.31. The van der Waals surface area contributed by atoms with Crippen molar-refractivity contribution in [1.82, 2.24) is 0 Å². The van der Waals surface area contributed by atoms with E-state index in [0.717, 1.165) is 5.92 Å². The molecule has 2 N–H and O–H groups in total. The Morgan fingerprint density at radius 2 is 1.83 bits per heavy atom. The maximum Gasteiger partial charge on any atom is 0.0183 e. The second-order valence-corrected chi connectivity index (χ2v) is 5.69. The summed E-state index contributed by atoms with van der Waals surface area (Å²) in [6, 6.07) is 0. The van der Waals surface area contributed by atoms with E-state index < -0.39 is 0 Å². The summed E-state index contributed by atoms with van der Waals surface area (Å²) in [5.41, 5.74) is 7.16. The van der Waals surface area contributed by atoms with Crippen LogP contribution in [0.4, 0.5) is 0 Å². The van der Waals surface area contributed by atoms with Crippen molar-refractivity contribution in [2.45, 2.75) is 57.9 Å². The van der Waals surface area contributed by atoms with Gasteiger partial charge in [0.15, 0.2) is 0 Å². The highest BCUT2D eigenvalue weighted by atomic mass is 14.8. The molecule has 1 unspecified atom stereocenters. The van der Waals surface area contributed by atoms with Gasteiger partial charge < -0.3 is 5.73 Å². The normalized spacial score (nSPS) is 37.8. The Morgan fingerprint density at radius 3 is 2.17 bits per heavy atom. The molecule has 2 fully saturated rings. The number of hydrogen-bond acceptors (Lipinski definition) is 1. The van der Waals surface area contributed by atoms with Crippen molar-refractivity contribution in [2.75, 3.05) is 0 Å². The van der Waals surface area contributed by atoms with Gasteiger partial charge in [-0.1, -0.05) is 13.8 Å². The molecule has 2 aliphatic carbocycles. The quantitative estimate of drug-likeness (QED) is 0.638. The van der Waals surface area contributed by atoms with Gasteiger partial charge in [-0.05, 0) is 49.9 Å². The third-order valence-electron chi connectivity index (χ3n) is 4.07. The molecular weight excluding hydrogens is 146 g/mol. The Labute approximate surface area is 75.7 Å². The summed E-state index contributed by atoms with van der Waals surface area (Å²) >= 11 is 0. The lowest BCUT2D eigenvalue weighted by Crippen LogP contribution is -2.52. The van der Waals surface area contributed by atoms with Gasteiger partial charge in [0.05, 0.1) is 0 Å². The van der Waals surface area contributed by atoms with Crippen LogP contribution < -0.4 is 5.73 Å². The fraction of sp³-hybridized carbons (Fsp3) is 1.00. The van der Waals surface area contributed by atoms with E-state index in [2.05, 4.69) is 13.8 Å². The minimum absolute atomic E-state index is 0.258. The van der Waals surface area contributed by atoms with Crippen molar-refractivity contribution in [2.24, 2.45) is 17.1 Å². The van der Waals surface area contributed by atoms with Gasteiger partial charge in [0, 0.05) is 5.54 Å².